The minimum Gasteiger partial charge on any atom is -0.487 e. The average molecular weight is 423 g/mol. The summed E-state index contributed by atoms with van der Waals surface area (Å²) in [5.41, 5.74) is 5.13. The van der Waals surface area contributed by atoms with Crippen molar-refractivity contribution < 1.29 is 9.53 Å². The summed E-state index contributed by atoms with van der Waals surface area (Å²) < 4.78 is 5.78. The number of benzene rings is 2. The fourth-order valence-electron chi connectivity index (χ4n) is 3.55. The van der Waals surface area contributed by atoms with Crippen molar-refractivity contribution in [2.45, 2.75) is 13.5 Å². The van der Waals surface area contributed by atoms with E-state index in [1.807, 2.05) is 35.7 Å². The third kappa shape index (κ3) is 4.98. The lowest BCUT2D eigenvalue weighted by Gasteiger charge is -2.36. The van der Waals surface area contributed by atoms with Crippen LogP contribution >= 0.6 is 11.3 Å². The van der Waals surface area contributed by atoms with Gasteiger partial charge in [0, 0.05) is 37.1 Å². The van der Waals surface area contributed by atoms with Gasteiger partial charge in [-0.15, -0.1) is 11.3 Å². The van der Waals surface area contributed by atoms with Crippen molar-refractivity contribution in [3.63, 3.8) is 0 Å². The number of para-hydroxylation sites is 2. The van der Waals surface area contributed by atoms with Crippen LogP contribution in [0.15, 0.2) is 59.4 Å². The number of rotatable bonds is 7. The van der Waals surface area contributed by atoms with Gasteiger partial charge in [0.1, 0.15) is 12.4 Å². The fraction of sp³-hybridized carbons (Fsp3) is 0.304. The maximum Gasteiger partial charge on any atom is 0.255 e. The molecule has 4 rings (SSSR count). The van der Waals surface area contributed by atoms with Crippen molar-refractivity contribution in [2.24, 2.45) is 0 Å². The topological polar surface area (TPSA) is 57.7 Å². The van der Waals surface area contributed by atoms with E-state index >= 15 is 0 Å². The maximum absolute atomic E-state index is 12.9. The molecule has 2 heterocycles. The fourth-order valence-corrected chi connectivity index (χ4v) is 4.09. The monoisotopic (exact) mass is 422 g/mol. The molecule has 0 saturated carbocycles. The minimum atomic E-state index is -0.145. The van der Waals surface area contributed by atoms with E-state index in [1.54, 1.807) is 17.6 Å². The second kappa shape index (κ2) is 9.73. The zero-order valence-corrected chi connectivity index (χ0v) is 17.9. The quantitative estimate of drug-likeness (QED) is 0.621. The summed E-state index contributed by atoms with van der Waals surface area (Å²) in [5.74, 6) is 0.508. The number of aromatic nitrogens is 1. The number of amides is 1. The molecule has 0 radical (unpaired) electrons. The Bertz CT molecular complexity index is 969. The zero-order valence-electron chi connectivity index (χ0n) is 17.1. The van der Waals surface area contributed by atoms with Crippen LogP contribution in [0.2, 0.25) is 0 Å². The van der Waals surface area contributed by atoms with E-state index in [0.29, 0.717) is 17.9 Å². The third-order valence-electron chi connectivity index (χ3n) is 5.28. The van der Waals surface area contributed by atoms with E-state index in [-0.39, 0.29) is 5.91 Å². The van der Waals surface area contributed by atoms with Crippen molar-refractivity contribution in [1.82, 2.24) is 9.88 Å². The smallest absolute Gasteiger partial charge is 0.255 e. The van der Waals surface area contributed by atoms with Gasteiger partial charge >= 0.3 is 0 Å². The number of thiazole rings is 1. The predicted octanol–water partition coefficient (Wildman–Crippen LogP) is 4.12. The lowest BCUT2D eigenvalue weighted by Crippen LogP contribution is -2.46. The molecule has 1 aliphatic heterocycles. The number of hydrogen-bond donors (Lipinski definition) is 1. The standard InChI is InChI=1S/C23H26N4O2S/c1-2-26-10-12-27(13-11-26)22-9-4-3-8-21(22)25-23(28)18-6-5-7-20(14-18)29-15-19-16-30-17-24-19/h3-9,14,16-17H,2,10-13,15H2,1H3,(H,25,28). The van der Waals surface area contributed by atoms with E-state index in [1.165, 1.54) is 11.3 Å². The van der Waals surface area contributed by atoms with Crippen molar-refractivity contribution in [3.8, 4) is 5.75 Å². The van der Waals surface area contributed by atoms with Gasteiger partial charge in [-0.1, -0.05) is 25.1 Å². The normalized spacial score (nSPS) is 14.5. The molecule has 7 heteroatoms. The first-order valence-electron chi connectivity index (χ1n) is 10.2. The van der Waals surface area contributed by atoms with Gasteiger partial charge in [0.15, 0.2) is 0 Å². The van der Waals surface area contributed by atoms with Crippen LogP contribution in [0, 0.1) is 0 Å². The number of hydrogen-bond acceptors (Lipinski definition) is 6. The van der Waals surface area contributed by atoms with Crippen LogP contribution in [-0.4, -0.2) is 48.5 Å². The molecular weight excluding hydrogens is 396 g/mol. The summed E-state index contributed by atoms with van der Waals surface area (Å²) in [6.45, 7) is 7.66. The second-order valence-corrected chi connectivity index (χ2v) is 7.91. The molecule has 0 atom stereocenters. The average Bonchev–Trinajstić information content (AvgIpc) is 3.32. The number of carbonyl (C=O) groups is 1. The number of likely N-dealkylation sites (N-methyl/N-ethyl adjacent to an activating group) is 1. The summed E-state index contributed by atoms with van der Waals surface area (Å²) in [6.07, 6.45) is 0. The van der Waals surface area contributed by atoms with Gasteiger partial charge in [-0.2, -0.15) is 0 Å². The maximum atomic E-state index is 12.9. The summed E-state index contributed by atoms with van der Waals surface area (Å²) in [7, 11) is 0. The van der Waals surface area contributed by atoms with E-state index in [9.17, 15) is 4.79 Å². The van der Waals surface area contributed by atoms with Gasteiger partial charge in [0.2, 0.25) is 0 Å². The molecule has 3 aromatic rings. The van der Waals surface area contributed by atoms with Crippen LogP contribution in [0.1, 0.15) is 23.0 Å². The van der Waals surface area contributed by atoms with Crippen LogP contribution in [0.4, 0.5) is 11.4 Å². The van der Waals surface area contributed by atoms with Crippen LogP contribution in [-0.2, 0) is 6.61 Å². The third-order valence-corrected chi connectivity index (χ3v) is 5.91. The van der Waals surface area contributed by atoms with Crippen molar-refractivity contribution >= 4 is 28.6 Å². The summed E-state index contributed by atoms with van der Waals surface area (Å²) in [6, 6.07) is 15.3. The number of nitrogens with one attached hydrogen (secondary N) is 1. The SMILES string of the molecule is CCN1CCN(c2ccccc2NC(=O)c2cccc(OCc3cscn3)c2)CC1. The molecule has 30 heavy (non-hydrogen) atoms. The molecule has 1 aromatic heterocycles. The van der Waals surface area contributed by atoms with E-state index in [4.69, 9.17) is 4.74 Å². The van der Waals surface area contributed by atoms with Gasteiger partial charge in [0.05, 0.1) is 22.6 Å². The number of carbonyl (C=O) groups excluding carboxylic acids is 1. The minimum absolute atomic E-state index is 0.145. The lowest BCUT2D eigenvalue weighted by atomic mass is 10.1. The zero-order chi connectivity index (χ0) is 20.8. The molecule has 1 fully saturated rings. The Kier molecular flexibility index (Phi) is 6.61. The first kappa shape index (κ1) is 20.4. The van der Waals surface area contributed by atoms with Gasteiger partial charge in [0.25, 0.3) is 5.91 Å². The predicted molar refractivity (Wildman–Crippen MR) is 122 cm³/mol. The van der Waals surface area contributed by atoms with E-state index in [2.05, 4.69) is 33.1 Å². The Morgan fingerprint density at radius 2 is 1.97 bits per heavy atom. The highest BCUT2D eigenvalue weighted by molar-refractivity contribution is 7.07. The first-order chi connectivity index (χ1) is 14.7. The molecule has 1 saturated heterocycles. The van der Waals surface area contributed by atoms with Crippen molar-refractivity contribution in [3.05, 3.63) is 70.7 Å². The molecule has 156 valence electrons. The Balaban J connectivity index is 1.43. The Labute approximate surface area is 181 Å². The van der Waals surface area contributed by atoms with Crippen molar-refractivity contribution in [2.75, 3.05) is 42.9 Å². The highest BCUT2D eigenvalue weighted by Gasteiger charge is 2.19. The number of piperazine rings is 1. The Morgan fingerprint density at radius 1 is 1.13 bits per heavy atom. The Morgan fingerprint density at radius 3 is 2.73 bits per heavy atom. The molecular formula is C23H26N4O2S. The van der Waals surface area contributed by atoms with Gasteiger partial charge < -0.3 is 19.9 Å². The number of anilines is 2. The van der Waals surface area contributed by atoms with Crippen molar-refractivity contribution in [1.29, 1.82) is 0 Å². The Hall–Kier alpha value is -2.90. The molecule has 2 aromatic carbocycles. The molecule has 0 aliphatic carbocycles. The molecule has 1 aliphatic rings. The molecule has 0 unspecified atom stereocenters. The summed E-state index contributed by atoms with van der Waals surface area (Å²) >= 11 is 1.54. The molecule has 0 spiro atoms. The number of nitrogens with zero attached hydrogens (tertiary/aromatic N) is 3. The van der Waals surface area contributed by atoms with Crippen LogP contribution < -0.4 is 15.0 Å². The highest BCUT2D eigenvalue weighted by atomic mass is 32.1. The van der Waals surface area contributed by atoms with E-state index < -0.39 is 0 Å². The van der Waals surface area contributed by atoms with E-state index in [0.717, 1.165) is 49.8 Å². The first-order valence-corrected chi connectivity index (χ1v) is 11.1. The largest absolute Gasteiger partial charge is 0.487 e. The number of ether oxygens (including phenoxy) is 1. The van der Waals surface area contributed by atoms with Gasteiger partial charge in [-0.3, -0.25) is 4.79 Å². The summed E-state index contributed by atoms with van der Waals surface area (Å²) in [5, 5.41) is 5.04. The lowest BCUT2D eigenvalue weighted by molar-refractivity contribution is 0.102. The van der Waals surface area contributed by atoms with Crippen LogP contribution in [0.5, 0.6) is 5.75 Å². The van der Waals surface area contributed by atoms with Gasteiger partial charge in [-0.05, 0) is 36.9 Å². The molecule has 1 amide bonds. The molecule has 0 bridgehead atoms. The second-order valence-electron chi connectivity index (χ2n) is 7.19. The van der Waals surface area contributed by atoms with Crippen LogP contribution in [0.25, 0.3) is 0 Å². The highest BCUT2D eigenvalue weighted by Crippen LogP contribution is 2.27. The van der Waals surface area contributed by atoms with Crippen LogP contribution in [0.3, 0.4) is 0 Å². The molecule has 1 N–H and O–H groups in total. The molecule has 6 nitrogen and oxygen atoms in total. The summed E-state index contributed by atoms with van der Waals surface area (Å²) in [4.78, 5) is 21.9. The van der Waals surface area contributed by atoms with Gasteiger partial charge in [-0.25, -0.2) is 4.98 Å².